The fourth-order valence-corrected chi connectivity index (χ4v) is 10.9. The number of hydrogen-bond donors (Lipinski definition) is 0. The summed E-state index contributed by atoms with van der Waals surface area (Å²) in [4.78, 5) is 0. The molecule has 209 valence electrons. The third-order valence-corrected chi connectivity index (χ3v) is 13.0. The molecule has 4 aliphatic rings. The molecule has 4 saturated heterocycles. The zero-order chi connectivity index (χ0) is 25.3. The third kappa shape index (κ3) is 6.47. The summed E-state index contributed by atoms with van der Waals surface area (Å²) in [5, 5.41) is 2.51. The van der Waals surface area contributed by atoms with Gasteiger partial charge in [0.15, 0.2) is 0 Å². The SMILES string of the molecule is [Rh].c1ccc2sc([PH+]3OCC4OCOC4CO3)cc2c1.c1ccc2sc([PH+]3OCC4OCO[C@@H]4CO3)cc2c1. The second-order valence-corrected chi connectivity index (χ2v) is 15.4. The van der Waals surface area contributed by atoms with Gasteiger partial charge in [-0.2, -0.15) is 18.1 Å². The second kappa shape index (κ2) is 13.2. The van der Waals surface area contributed by atoms with Gasteiger partial charge in [-0.3, -0.25) is 0 Å². The summed E-state index contributed by atoms with van der Waals surface area (Å²) in [5.41, 5.74) is 0. The average Bonchev–Trinajstić information content (AvgIpc) is 3.73. The zero-order valence-electron chi connectivity index (χ0n) is 20.7. The first kappa shape index (κ1) is 28.6. The van der Waals surface area contributed by atoms with E-state index in [1.807, 2.05) is 0 Å². The number of hydrogen-bond acceptors (Lipinski definition) is 10. The second-order valence-electron chi connectivity index (χ2n) is 9.17. The summed E-state index contributed by atoms with van der Waals surface area (Å²) >= 11 is 3.51. The van der Waals surface area contributed by atoms with Crippen molar-refractivity contribution in [2.75, 3.05) is 40.0 Å². The van der Waals surface area contributed by atoms with Crippen LogP contribution in [0.4, 0.5) is 0 Å². The molecule has 39 heavy (non-hydrogen) atoms. The molecule has 4 aliphatic heterocycles. The molecule has 8 rings (SSSR count). The Hall–Kier alpha value is -0.477. The molecule has 4 aromatic rings. The summed E-state index contributed by atoms with van der Waals surface area (Å²) in [6.07, 6.45) is 0.0995. The van der Waals surface area contributed by atoms with E-state index in [1.165, 1.54) is 29.4 Å². The molecule has 13 heteroatoms. The van der Waals surface area contributed by atoms with Crippen molar-refractivity contribution in [2.24, 2.45) is 0 Å². The molecule has 0 saturated carbocycles. The van der Waals surface area contributed by atoms with Crippen molar-refractivity contribution in [1.82, 2.24) is 0 Å². The Morgan fingerprint density at radius 3 is 1.26 bits per heavy atom. The van der Waals surface area contributed by atoms with Gasteiger partial charge in [-0.1, -0.05) is 59.1 Å². The van der Waals surface area contributed by atoms with E-state index in [2.05, 4.69) is 60.7 Å². The quantitative estimate of drug-likeness (QED) is 0.221. The van der Waals surface area contributed by atoms with Crippen LogP contribution in [0.2, 0.25) is 0 Å². The van der Waals surface area contributed by atoms with Crippen molar-refractivity contribution < 1.29 is 56.5 Å². The van der Waals surface area contributed by atoms with Gasteiger partial charge in [-0.25, -0.2) is 0 Å². The molecule has 2 aromatic carbocycles. The van der Waals surface area contributed by atoms with E-state index in [0.717, 1.165) is 0 Å². The van der Waals surface area contributed by atoms with Crippen LogP contribution in [-0.4, -0.2) is 64.4 Å². The van der Waals surface area contributed by atoms with E-state index in [9.17, 15) is 0 Å². The standard InChI is InChI=1S/2C13H13O4PS.Rh/c2*1-2-4-12-9(3-1)5-13(19-12)18-16-6-10-11(7-17-18)15-8-14-10;/h2*1-5,10-11H,6-8H2;/p+2/t10-,11?,18?;;/m1../s1. The maximum atomic E-state index is 5.92. The van der Waals surface area contributed by atoms with E-state index in [1.54, 1.807) is 22.7 Å². The Labute approximate surface area is 249 Å². The van der Waals surface area contributed by atoms with Crippen LogP contribution in [0.25, 0.3) is 20.2 Å². The van der Waals surface area contributed by atoms with Crippen molar-refractivity contribution in [1.29, 1.82) is 0 Å². The number of rotatable bonds is 2. The molecule has 8 nitrogen and oxygen atoms in total. The molecule has 0 spiro atoms. The molecule has 6 heterocycles. The number of thiophene rings is 2. The van der Waals surface area contributed by atoms with Gasteiger partial charge in [0.2, 0.25) is 9.24 Å². The Balaban J connectivity index is 0.000000138. The fraction of sp³-hybridized carbons (Fsp3) is 0.385. The summed E-state index contributed by atoms with van der Waals surface area (Å²) in [6, 6.07) is 21.1. The van der Waals surface area contributed by atoms with Crippen LogP contribution in [0.3, 0.4) is 0 Å². The first-order valence-corrected chi connectivity index (χ1v) is 16.8. The van der Waals surface area contributed by atoms with Gasteiger partial charge in [0.05, 0.1) is 0 Å². The van der Waals surface area contributed by atoms with E-state index < -0.39 is 16.8 Å². The van der Waals surface area contributed by atoms with E-state index in [-0.39, 0.29) is 43.9 Å². The first-order valence-electron chi connectivity index (χ1n) is 12.5. The van der Waals surface area contributed by atoms with Gasteiger partial charge in [-0.15, -0.1) is 0 Å². The summed E-state index contributed by atoms with van der Waals surface area (Å²) in [7, 11) is -2.81. The van der Waals surface area contributed by atoms with Crippen LogP contribution in [-0.2, 0) is 56.5 Å². The third-order valence-electron chi connectivity index (χ3n) is 6.73. The molecule has 0 N–H and O–H groups in total. The molecule has 0 aliphatic carbocycles. The molecular weight excluding hydrogens is 669 g/mol. The largest absolute Gasteiger partial charge is 0.347 e. The molecule has 0 amide bonds. The van der Waals surface area contributed by atoms with Crippen molar-refractivity contribution in [3.05, 3.63) is 60.7 Å². The number of benzene rings is 2. The molecule has 2 aromatic heterocycles. The Morgan fingerprint density at radius 2 is 0.897 bits per heavy atom. The minimum absolute atomic E-state index is 0. The molecule has 4 unspecified atom stereocenters. The summed E-state index contributed by atoms with van der Waals surface area (Å²) < 4.78 is 50.5. The van der Waals surface area contributed by atoms with Gasteiger partial charge in [0.25, 0.3) is 0 Å². The Morgan fingerprint density at radius 1 is 0.538 bits per heavy atom. The summed E-state index contributed by atoms with van der Waals surface area (Å²) in [5.74, 6) is 0. The van der Waals surface area contributed by atoms with Crippen LogP contribution < -0.4 is 9.24 Å². The first-order chi connectivity index (χ1) is 18.8. The minimum atomic E-state index is -1.41. The Kier molecular flexibility index (Phi) is 9.71. The van der Waals surface area contributed by atoms with E-state index >= 15 is 0 Å². The average molecular weight is 697 g/mol. The maximum absolute atomic E-state index is 5.92. The van der Waals surface area contributed by atoms with Crippen molar-refractivity contribution in [3.63, 3.8) is 0 Å². The fourth-order valence-electron chi connectivity index (χ4n) is 4.64. The molecule has 4 fully saturated rings. The monoisotopic (exact) mass is 697 g/mol. The molecule has 5 atom stereocenters. The smallest absolute Gasteiger partial charge is 0.305 e. The normalized spacial score (nSPS) is 30.5. The topological polar surface area (TPSA) is 73.8 Å². The van der Waals surface area contributed by atoms with Crippen molar-refractivity contribution >= 4 is 68.8 Å². The minimum Gasteiger partial charge on any atom is -0.347 e. The van der Waals surface area contributed by atoms with Crippen LogP contribution in [0, 0.1) is 0 Å². The number of fused-ring (bicyclic) bond motifs is 4. The van der Waals surface area contributed by atoms with Gasteiger partial charge in [0.1, 0.15) is 64.4 Å². The molecule has 0 bridgehead atoms. The van der Waals surface area contributed by atoms with E-state index in [0.29, 0.717) is 40.0 Å². The Bertz CT molecular complexity index is 1190. The van der Waals surface area contributed by atoms with Gasteiger partial charge in [0, 0.05) is 41.0 Å². The molecule has 1 radical (unpaired) electrons. The van der Waals surface area contributed by atoms with Crippen molar-refractivity contribution in [2.45, 2.75) is 24.4 Å². The predicted octanol–water partition coefficient (Wildman–Crippen LogP) is 4.72. The maximum Gasteiger partial charge on any atom is 0.305 e. The summed E-state index contributed by atoms with van der Waals surface area (Å²) in [6.45, 7) is 2.96. The van der Waals surface area contributed by atoms with Crippen molar-refractivity contribution in [3.8, 4) is 0 Å². The van der Waals surface area contributed by atoms with Crippen LogP contribution in [0.15, 0.2) is 60.7 Å². The predicted molar refractivity (Wildman–Crippen MR) is 153 cm³/mol. The zero-order valence-corrected chi connectivity index (χ0v) is 26.0. The van der Waals surface area contributed by atoms with Gasteiger partial charge in [-0.05, 0) is 22.9 Å². The number of ether oxygens (including phenoxy) is 4. The van der Waals surface area contributed by atoms with Crippen LogP contribution >= 0.6 is 39.4 Å². The van der Waals surface area contributed by atoms with Crippen LogP contribution in [0.5, 0.6) is 0 Å². The van der Waals surface area contributed by atoms with Gasteiger partial charge >= 0.3 is 16.8 Å². The van der Waals surface area contributed by atoms with Crippen LogP contribution in [0.1, 0.15) is 0 Å². The molecular formula is C26H28O8P2RhS2+2. The van der Waals surface area contributed by atoms with Gasteiger partial charge < -0.3 is 18.9 Å². The van der Waals surface area contributed by atoms with E-state index in [4.69, 9.17) is 37.0 Å².